The molecule has 1 spiro atoms. The van der Waals surface area contributed by atoms with Crippen molar-refractivity contribution >= 4 is 22.7 Å². The number of pyridine rings is 2. The van der Waals surface area contributed by atoms with E-state index >= 15 is 0 Å². The first kappa shape index (κ1) is 25.2. The molecule has 3 aromatic heterocycles. The summed E-state index contributed by atoms with van der Waals surface area (Å²) in [6, 6.07) is 25.6. The Morgan fingerprint density at radius 3 is 2.49 bits per heavy atom. The minimum atomic E-state index is -0.227. The highest BCUT2D eigenvalue weighted by molar-refractivity contribution is 5.85. The number of aromatic nitrogens is 4. The molecular weight excluding hydrogens is 534 g/mol. The van der Waals surface area contributed by atoms with Gasteiger partial charge in [0.1, 0.15) is 11.3 Å². The fourth-order valence-corrected chi connectivity index (χ4v) is 8.30. The average Bonchev–Trinajstić information content (AvgIpc) is 3.56. The molecule has 0 radical (unpaired) electrons. The Morgan fingerprint density at radius 1 is 0.884 bits per heavy atom. The number of aliphatic hydroxyl groups is 1. The number of nitrogens with two attached hydrogens (primary N) is 2. The zero-order chi connectivity index (χ0) is 28.9. The fourth-order valence-electron chi connectivity index (χ4n) is 8.30. The summed E-state index contributed by atoms with van der Waals surface area (Å²) in [5.41, 5.74) is 20.7. The highest BCUT2D eigenvalue weighted by Gasteiger charge is 2.72. The van der Waals surface area contributed by atoms with E-state index in [9.17, 15) is 5.11 Å². The topological polar surface area (TPSA) is 119 Å². The number of hydrogen-bond donors (Lipinski definition) is 3. The van der Waals surface area contributed by atoms with Crippen LogP contribution in [0.5, 0.6) is 0 Å². The molecule has 4 fully saturated rings. The minimum Gasteiger partial charge on any atom is -0.393 e. The van der Waals surface area contributed by atoms with Crippen molar-refractivity contribution in [2.24, 2.45) is 11.7 Å². The van der Waals surface area contributed by atoms with Crippen molar-refractivity contribution in [3.8, 4) is 28.3 Å². The molecule has 9 rings (SSSR count). The first-order valence-electron chi connectivity index (χ1n) is 15.5. The van der Waals surface area contributed by atoms with Crippen LogP contribution < -0.4 is 16.4 Å². The lowest BCUT2D eigenvalue weighted by Gasteiger charge is -2.41. The molecule has 0 bridgehead atoms. The van der Waals surface area contributed by atoms with Crippen LogP contribution in [-0.2, 0) is 5.54 Å². The van der Waals surface area contributed by atoms with E-state index in [1.54, 1.807) is 6.20 Å². The van der Waals surface area contributed by atoms with Gasteiger partial charge in [-0.2, -0.15) is 0 Å². The van der Waals surface area contributed by atoms with Crippen LogP contribution >= 0.6 is 0 Å². The van der Waals surface area contributed by atoms with E-state index < -0.39 is 0 Å². The van der Waals surface area contributed by atoms with Crippen molar-refractivity contribution in [2.45, 2.75) is 68.2 Å². The Labute approximate surface area is 250 Å². The van der Waals surface area contributed by atoms with Gasteiger partial charge in [0.2, 0.25) is 0 Å². The van der Waals surface area contributed by atoms with E-state index in [4.69, 9.17) is 21.4 Å². The van der Waals surface area contributed by atoms with Gasteiger partial charge in [-0.15, -0.1) is 0 Å². The highest BCUT2D eigenvalue weighted by atomic mass is 16.3. The van der Waals surface area contributed by atoms with Gasteiger partial charge >= 0.3 is 0 Å². The molecule has 4 atom stereocenters. The molecule has 1 saturated heterocycles. The number of nitrogens with zero attached hydrogens (tertiary/aromatic N) is 5. The average molecular weight is 570 g/mol. The summed E-state index contributed by atoms with van der Waals surface area (Å²) < 4.78 is 2.09. The molecule has 4 unspecified atom stereocenters. The molecule has 216 valence electrons. The standard InChI is InChI=1S/C35H35N7O/c36-31-27(6-2-17-38-31)32-40-29-12-11-28(39-33(29)41(32)24-9-7-22(8-10-24)34(37)14-3-15-34)21-4-1-5-25(18-21)42-30-20-26(43)19-23-13-16-35(23,30)42/h1-2,4-12,17-18,23,26,30,43H,3,13-16,19-20,37H2,(H2,36,38). The van der Waals surface area contributed by atoms with Crippen LogP contribution in [0.2, 0.25) is 0 Å². The summed E-state index contributed by atoms with van der Waals surface area (Å²) in [5, 5.41) is 10.5. The van der Waals surface area contributed by atoms with Gasteiger partial charge in [0.05, 0.1) is 28.9 Å². The monoisotopic (exact) mass is 569 g/mol. The third-order valence-corrected chi connectivity index (χ3v) is 10.9. The van der Waals surface area contributed by atoms with Crippen molar-refractivity contribution in [3.05, 3.63) is 84.6 Å². The molecule has 43 heavy (non-hydrogen) atoms. The van der Waals surface area contributed by atoms with Gasteiger partial charge < -0.3 is 21.5 Å². The van der Waals surface area contributed by atoms with E-state index in [2.05, 4.69) is 69.0 Å². The van der Waals surface area contributed by atoms with Crippen molar-refractivity contribution in [2.75, 3.05) is 10.6 Å². The molecule has 0 amide bonds. The van der Waals surface area contributed by atoms with Crippen molar-refractivity contribution in [1.82, 2.24) is 19.5 Å². The maximum Gasteiger partial charge on any atom is 0.165 e. The van der Waals surface area contributed by atoms with Crippen LogP contribution in [0.15, 0.2) is 79.0 Å². The molecule has 4 aliphatic rings. The number of hydrogen-bond acceptors (Lipinski definition) is 7. The highest BCUT2D eigenvalue weighted by Crippen LogP contribution is 2.66. The first-order chi connectivity index (χ1) is 20.9. The maximum absolute atomic E-state index is 10.5. The summed E-state index contributed by atoms with van der Waals surface area (Å²) in [7, 11) is 0. The molecule has 5 aromatic rings. The van der Waals surface area contributed by atoms with Gasteiger partial charge in [-0.1, -0.05) is 24.3 Å². The van der Waals surface area contributed by atoms with Gasteiger partial charge in [-0.25, -0.2) is 15.0 Å². The van der Waals surface area contributed by atoms with E-state index in [1.807, 2.05) is 18.2 Å². The van der Waals surface area contributed by atoms with Crippen LogP contribution in [0.1, 0.15) is 50.5 Å². The fraction of sp³-hybridized carbons (Fsp3) is 0.343. The normalized spacial score (nSPS) is 26.7. The summed E-state index contributed by atoms with van der Waals surface area (Å²) >= 11 is 0. The van der Waals surface area contributed by atoms with Crippen LogP contribution in [0.25, 0.3) is 39.5 Å². The zero-order valence-electron chi connectivity index (χ0n) is 24.0. The number of aliphatic hydroxyl groups excluding tert-OH is 1. The van der Waals surface area contributed by atoms with Crippen LogP contribution in [0.3, 0.4) is 0 Å². The lowest BCUT2D eigenvalue weighted by Crippen LogP contribution is -2.45. The largest absolute Gasteiger partial charge is 0.393 e. The van der Waals surface area contributed by atoms with E-state index in [0.717, 1.165) is 64.9 Å². The lowest BCUT2D eigenvalue weighted by molar-refractivity contribution is 0.0579. The van der Waals surface area contributed by atoms with Gasteiger partial charge in [-0.3, -0.25) is 4.57 Å². The number of benzene rings is 2. The zero-order valence-corrected chi connectivity index (χ0v) is 24.0. The third kappa shape index (κ3) is 3.60. The Morgan fingerprint density at radius 2 is 1.74 bits per heavy atom. The molecule has 5 N–H and O–H groups in total. The molecule has 3 saturated carbocycles. The maximum atomic E-state index is 10.5. The molecule has 8 heteroatoms. The third-order valence-electron chi connectivity index (χ3n) is 10.9. The van der Waals surface area contributed by atoms with Gasteiger partial charge in [0, 0.05) is 28.7 Å². The predicted octanol–water partition coefficient (Wildman–Crippen LogP) is 5.56. The SMILES string of the molecule is Nc1ncccc1-c1nc2ccc(-c3cccc(N4C5CC(O)CC6CCC654)c3)nc2n1-c1ccc(C2(N)CCC2)cc1. The summed E-state index contributed by atoms with van der Waals surface area (Å²) in [4.78, 5) is 17.1. The van der Waals surface area contributed by atoms with Crippen molar-refractivity contribution < 1.29 is 5.11 Å². The Hall–Kier alpha value is -4.27. The van der Waals surface area contributed by atoms with E-state index in [0.29, 0.717) is 23.6 Å². The number of rotatable bonds is 5. The molecule has 2 aromatic carbocycles. The molecule has 8 nitrogen and oxygen atoms in total. The Bertz CT molecular complexity index is 1890. The smallest absolute Gasteiger partial charge is 0.165 e. The molecule has 4 heterocycles. The van der Waals surface area contributed by atoms with E-state index in [1.165, 1.54) is 24.9 Å². The molecular formula is C35H35N7O. The second-order valence-corrected chi connectivity index (χ2v) is 13.1. The number of imidazole rings is 1. The van der Waals surface area contributed by atoms with Crippen LogP contribution in [0, 0.1) is 5.92 Å². The number of nitrogen functional groups attached to an aromatic ring is 1. The minimum absolute atomic E-state index is 0.179. The number of fused-ring (bicyclic) bond motifs is 1. The molecule has 3 aliphatic carbocycles. The van der Waals surface area contributed by atoms with Crippen LogP contribution in [-0.4, -0.2) is 42.3 Å². The van der Waals surface area contributed by atoms with Gasteiger partial charge in [0.15, 0.2) is 11.5 Å². The van der Waals surface area contributed by atoms with Gasteiger partial charge in [-0.05, 0) is 105 Å². The van der Waals surface area contributed by atoms with Crippen molar-refractivity contribution in [3.63, 3.8) is 0 Å². The first-order valence-corrected chi connectivity index (χ1v) is 15.5. The summed E-state index contributed by atoms with van der Waals surface area (Å²) in [6.07, 6.45) is 8.98. The second kappa shape index (κ2) is 8.88. The predicted molar refractivity (Wildman–Crippen MR) is 169 cm³/mol. The molecule has 1 aliphatic heterocycles. The lowest BCUT2D eigenvalue weighted by atomic mass is 9.64. The van der Waals surface area contributed by atoms with E-state index in [-0.39, 0.29) is 17.2 Å². The number of anilines is 2. The summed E-state index contributed by atoms with van der Waals surface area (Å²) in [6.45, 7) is 0. The Kier molecular flexibility index (Phi) is 5.21. The van der Waals surface area contributed by atoms with Crippen molar-refractivity contribution in [1.29, 1.82) is 0 Å². The van der Waals surface area contributed by atoms with Gasteiger partial charge in [0.25, 0.3) is 0 Å². The quantitative estimate of drug-likeness (QED) is 0.237. The second-order valence-electron chi connectivity index (χ2n) is 13.1. The summed E-state index contributed by atoms with van der Waals surface area (Å²) in [5.74, 6) is 1.74. The Balaban J connectivity index is 1.15. The van der Waals surface area contributed by atoms with Crippen LogP contribution in [0.4, 0.5) is 11.5 Å².